The highest BCUT2D eigenvalue weighted by Gasteiger charge is 2.22. The third-order valence-electron chi connectivity index (χ3n) is 5.89. The van der Waals surface area contributed by atoms with E-state index in [4.69, 9.17) is 0 Å². The van der Waals surface area contributed by atoms with E-state index in [0.29, 0.717) is 19.5 Å². The number of hydrogen-bond acceptors (Lipinski definition) is 5. The molecule has 0 unspecified atom stereocenters. The first-order valence-electron chi connectivity index (χ1n) is 10.5. The van der Waals surface area contributed by atoms with Crippen LogP contribution in [0.4, 0.5) is 5.82 Å². The first kappa shape index (κ1) is 19.2. The van der Waals surface area contributed by atoms with Crippen LogP contribution in [0.1, 0.15) is 11.4 Å². The van der Waals surface area contributed by atoms with Crippen molar-refractivity contribution in [2.75, 3.05) is 31.1 Å². The van der Waals surface area contributed by atoms with E-state index in [1.807, 2.05) is 52.9 Å². The SMILES string of the molecule is Cc1nccn1-c1ccc(N2CCN(C(=O)Cc3cccc4ccccc34)CC2)nn1. The van der Waals surface area contributed by atoms with E-state index in [1.54, 1.807) is 6.20 Å². The zero-order valence-corrected chi connectivity index (χ0v) is 17.5. The van der Waals surface area contributed by atoms with Crippen molar-refractivity contribution in [3.05, 3.63) is 78.4 Å². The first-order chi connectivity index (χ1) is 15.2. The lowest BCUT2D eigenvalue weighted by atomic mass is 10.0. The first-order valence-corrected chi connectivity index (χ1v) is 10.5. The van der Waals surface area contributed by atoms with E-state index in [9.17, 15) is 4.79 Å². The van der Waals surface area contributed by atoms with E-state index in [2.05, 4.69) is 44.3 Å². The van der Waals surface area contributed by atoms with Gasteiger partial charge in [-0.25, -0.2) is 4.98 Å². The van der Waals surface area contributed by atoms with Crippen LogP contribution >= 0.6 is 0 Å². The minimum absolute atomic E-state index is 0.174. The van der Waals surface area contributed by atoms with Crippen molar-refractivity contribution < 1.29 is 4.79 Å². The fraction of sp³-hybridized carbons (Fsp3) is 0.250. The molecule has 31 heavy (non-hydrogen) atoms. The van der Waals surface area contributed by atoms with Gasteiger partial charge in [-0.1, -0.05) is 42.5 Å². The second-order valence-corrected chi connectivity index (χ2v) is 7.78. The molecule has 1 saturated heterocycles. The lowest BCUT2D eigenvalue weighted by molar-refractivity contribution is -0.130. The highest BCUT2D eigenvalue weighted by atomic mass is 16.2. The van der Waals surface area contributed by atoms with Crippen molar-refractivity contribution in [3.63, 3.8) is 0 Å². The van der Waals surface area contributed by atoms with Gasteiger partial charge in [0.25, 0.3) is 0 Å². The molecule has 0 radical (unpaired) electrons. The van der Waals surface area contributed by atoms with Crippen molar-refractivity contribution in [3.8, 4) is 5.82 Å². The van der Waals surface area contributed by atoms with Crippen LogP contribution < -0.4 is 4.90 Å². The van der Waals surface area contributed by atoms with Crippen LogP contribution in [-0.4, -0.2) is 56.7 Å². The Morgan fingerprint density at radius 3 is 2.39 bits per heavy atom. The van der Waals surface area contributed by atoms with Gasteiger partial charge in [0.1, 0.15) is 5.82 Å². The van der Waals surface area contributed by atoms with Crippen LogP contribution in [0.5, 0.6) is 0 Å². The monoisotopic (exact) mass is 412 g/mol. The quantitative estimate of drug-likeness (QED) is 0.516. The molecule has 0 bridgehead atoms. The summed E-state index contributed by atoms with van der Waals surface area (Å²) in [6.45, 7) is 4.81. The molecule has 0 atom stereocenters. The normalized spacial score (nSPS) is 14.2. The zero-order chi connectivity index (χ0) is 21.2. The largest absolute Gasteiger partial charge is 0.352 e. The topological polar surface area (TPSA) is 67.2 Å². The molecule has 5 rings (SSSR count). The Labute approximate surface area is 181 Å². The summed E-state index contributed by atoms with van der Waals surface area (Å²) in [6.07, 6.45) is 4.05. The van der Waals surface area contributed by atoms with Crippen molar-refractivity contribution >= 4 is 22.5 Å². The third kappa shape index (κ3) is 3.86. The molecule has 1 fully saturated rings. The van der Waals surface area contributed by atoms with E-state index in [-0.39, 0.29) is 5.91 Å². The molecule has 7 heteroatoms. The second-order valence-electron chi connectivity index (χ2n) is 7.78. The number of aromatic nitrogens is 4. The predicted molar refractivity (Wildman–Crippen MR) is 120 cm³/mol. The Balaban J connectivity index is 1.22. The Morgan fingerprint density at radius 1 is 0.903 bits per heavy atom. The number of hydrogen-bond donors (Lipinski definition) is 0. The maximum absolute atomic E-state index is 12.9. The molecule has 4 aromatic rings. The van der Waals surface area contributed by atoms with Gasteiger partial charge in [0.15, 0.2) is 11.6 Å². The second kappa shape index (κ2) is 8.18. The zero-order valence-electron chi connectivity index (χ0n) is 17.5. The van der Waals surface area contributed by atoms with Crippen LogP contribution in [0.15, 0.2) is 67.0 Å². The van der Waals surface area contributed by atoms with E-state index < -0.39 is 0 Å². The number of carbonyl (C=O) groups is 1. The maximum Gasteiger partial charge on any atom is 0.227 e. The number of imidazole rings is 1. The summed E-state index contributed by atoms with van der Waals surface area (Å²) < 4.78 is 1.90. The number of carbonyl (C=O) groups excluding carboxylic acids is 1. The standard InChI is InChI=1S/C24H24N6O/c1-18-25-11-12-30(18)23-10-9-22(26-27-23)28-13-15-29(16-14-28)24(31)17-20-7-4-6-19-5-2-3-8-21(19)20/h2-12H,13-17H2,1H3. The lowest BCUT2D eigenvalue weighted by Gasteiger charge is -2.35. The molecule has 3 heterocycles. The molecule has 0 spiro atoms. The summed E-state index contributed by atoms with van der Waals surface area (Å²) in [4.78, 5) is 21.3. The Morgan fingerprint density at radius 2 is 1.65 bits per heavy atom. The third-order valence-corrected chi connectivity index (χ3v) is 5.89. The molecular formula is C24H24N6O. The minimum Gasteiger partial charge on any atom is -0.352 e. The van der Waals surface area contributed by atoms with Crippen LogP contribution in [-0.2, 0) is 11.2 Å². The molecular weight excluding hydrogens is 388 g/mol. The number of aryl methyl sites for hydroxylation is 1. The van der Waals surface area contributed by atoms with Gasteiger partial charge in [-0.2, -0.15) is 0 Å². The smallest absolute Gasteiger partial charge is 0.227 e. The fourth-order valence-corrected chi connectivity index (χ4v) is 4.14. The van der Waals surface area contributed by atoms with Gasteiger partial charge in [0.05, 0.1) is 6.42 Å². The van der Waals surface area contributed by atoms with E-state index >= 15 is 0 Å². The summed E-state index contributed by atoms with van der Waals surface area (Å²) in [6, 6.07) is 18.3. The van der Waals surface area contributed by atoms with Gasteiger partial charge in [0.2, 0.25) is 5.91 Å². The molecule has 1 aliphatic rings. The maximum atomic E-state index is 12.9. The number of nitrogens with zero attached hydrogens (tertiary/aromatic N) is 6. The summed E-state index contributed by atoms with van der Waals surface area (Å²) >= 11 is 0. The number of benzene rings is 2. The van der Waals surface area contributed by atoms with Crippen LogP contribution in [0.3, 0.4) is 0 Å². The summed E-state index contributed by atoms with van der Waals surface area (Å²) in [5.41, 5.74) is 1.08. The van der Waals surface area contributed by atoms with Gasteiger partial charge in [-0.15, -0.1) is 10.2 Å². The molecule has 1 amide bonds. The van der Waals surface area contributed by atoms with Crippen molar-refractivity contribution in [1.82, 2.24) is 24.6 Å². The molecule has 0 aliphatic carbocycles. The van der Waals surface area contributed by atoms with Gasteiger partial charge >= 0.3 is 0 Å². The van der Waals surface area contributed by atoms with Crippen LogP contribution in [0.2, 0.25) is 0 Å². The Bertz CT molecular complexity index is 1200. The summed E-state index contributed by atoms with van der Waals surface area (Å²) in [5, 5.41) is 11.1. The number of piperazine rings is 1. The number of fused-ring (bicyclic) bond motifs is 1. The van der Waals surface area contributed by atoms with Gasteiger partial charge < -0.3 is 9.80 Å². The average molecular weight is 412 g/mol. The molecule has 156 valence electrons. The predicted octanol–water partition coefficient (Wildman–Crippen LogP) is 3.02. The summed E-state index contributed by atoms with van der Waals surface area (Å²) in [7, 11) is 0. The highest BCUT2D eigenvalue weighted by molar-refractivity contribution is 5.90. The van der Waals surface area contributed by atoms with E-state index in [1.165, 1.54) is 5.39 Å². The molecule has 1 aliphatic heterocycles. The lowest BCUT2D eigenvalue weighted by Crippen LogP contribution is -2.49. The minimum atomic E-state index is 0.174. The van der Waals surface area contributed by atoms with Gasteiger partial charge in [0, 0.05) is 38.6 Å². The van der Waals surface area contributed by atoms with E-state index in [0.717, 1.165) is 41.5 Å². The van der Waals surface area contributed by atoms with Crippen molar-refractivity contribution in [2.45, 2.75) is 13.3 Å². The molecule has 0 N–H and O–H groups in total. The summed E-state index contributed by atoms with van der Waals surface area (Å²) in [5.74, 6) is 2.64. The van der Waals surface area contributed by atoms with Crippen LogP contribution in [0, 0.1) is 6.92 Å². The fourth-order valence-electron chi connectivity index (χ4n) is 4.14. The number of amides is 1. The van der Waals surface area contributed by atoms with Gasteiger partial charge in [-0.05, 0) is 35.4 Å². The Hall–Kier alpha value is -3.74. The van der Waals surface area contributed by atoms with Crippen LogP contribution in [0.25, 0.3) is 16.6 Å². The highest BCUT2D eigenvalue weighted by Crippen LogP contribution is 2.20. The molecule has 0 saturated carbocycles. The molecule has 2 aromatic carbocycles. The van der Waals surface area contributed by atoms with Crippen molar-refractivity contribution in [1.29, 1.82) is 0 Å². The molecule has 7 nitrogen and oxygen atoms in total. The molecule has 2 aromatic heterocycles. The van der Waals surface area contributed by atoms with Gasteiger partial charge in [-0.3, -0.25) is 9.36 Å². The average Bonchev–Trinajstić information content (AvgIpc) is 3.25. The number of anilines is 1. The number of rotatable bonds is 4. The Kier molecular flexibility index (Phi) is 5.08. The van der Waals surface area contributed by atoms with Crippen molar-refractivity contribution in [2.24, 2.45) is 0 Å².